The number of allylic oxidation sites excluding steroid dienone is 2. The smallest absolute Gasteiger partial charge is 0.298 e. The van der Waals surface area contributed by atoms with Crippen LogP contribution in [0.3, 0.4) is 0 Å². The zero-order valence-electron chi connectivity index (χ0n) is 9.97. The number of aromatic hydroxyl groups is 1. The molecule has 0 aliphatic carbocycles. The second-order valence-electron chi connectivity index (χ2n) is 4.13. The van der Waals surface area contributed by atoms with Crippen molar-refractivity contribution in [1.29, 1.82) is 0 Å². The molecular formula is C12H15NO4. The van der Waals surface area contributed by atoms with Gasteiger partial charge in [0, 0.05) is 6.07 Å². The molecule has 1 rings (SSSR count). The molecule has 0 spiro atoms. The maximum atomic E-state index is 11.7. The lowest BCUT2D eigenvalue weighted by Crippen LogP contribution is -2.26. The van der Waals surface area contributed by atoms with Gasteiger partial charge in [0.15, 0.2) is 5.78 Å². The predicted molar refractivity (Wildman–Crippen MR) is 62.6 cm³/mol. The Balaban J connectivity index is 3.29. The fourth-order valence-electron chi connectivity index (χ4n) is 1.30. The molecule has 1 aromatic rings. The molecular weight excluding hydrogens is 222 g/mol. The molecule has 0 aliphatic heterocycles. The minimum atomic E-state index is -0.916. The van der Waals surface area contributed by atoms with Crippen LogP contribution in [-0.4, -0.2) is 20.8 Å². The van der Waals surface area contributed by atoms with Gasteiger partial charge < -0.3 is 10.3 Å². The first-order valence-corrected chi connectivity index (χ1v) is 5.22. The highest BCUT2D eigenvalue weighted by atomic mass is 16.5. The molecule has 2 N–H and O–H groups in total. The Morgan fingerprint density at radius 1 is 1.47 bits per heavy atom. The van der Waals surface area contributed by atoms with E-state index in [1.54, 1.807) is 6.08 Å². The quantitative estimate of drug-likeness (QED) is 0.474. The van der Waals surface area contributed by atoms with Crippen molar-refractivity contribution in [2.24, 2.45) is 5.92 Å². The zero-order valence-corrected chi connectivity index (χ0v) is 9.97. The van der Waals surface area contributed by atoms with Gasteiger partial charge in [0.25, 0.3) is 5.56 Å². The first-order chi connectivity index (χ1) is 7.84. The number of aromatic nitrogens is 1. The van der Waals surface area contributed by atoms with Crippen LogP contribution in [0, 0.1) is 12.8 Å². The van der Waals surface area contributed by atoms with E-state index < -0.39 is 22.7 Å². The van der Waals surface area contributed by atoms with Crippen LogP contribution in [0.4, 0.5) is 0 Å². The van der Waals surface area contributed by atoms with Gasteiger partial charge in [0.2, 0.25) is 0 Å². The third-order valence-corrected chi connectivity index (χ3v) is 2.22. The largest absolute Gasteiger partial charge is 0.507 e. The van der Waals surface area contributed by atoms with Crippen molar-refractivity contribution in [3.8, 4) is 5.75 Å². The van der Waals surface area contributed by atoms with Gasteiger partial charge in [-0.2, -0.15) is 4.73 Å². The molecule has 92 valence electrons. The van der Waals surface area contributed by atoms with Crippen molar-refractivity contribution in [1.82, 2.24) is 4.73 Å². The fourth-order valence-corrected chi connectivity index (χ4v) is 1.30. The first-order valence-electron chi connectivity index (χ1n) is 5.22. The van der Waals surface area contributed by atoms with Crippen molar-refractivity contribution >= 4 is 5.78 Å². The average Bonchev–Trinajstić information content (AvgIpc) is 2.23. The number of carbonyl (C=O) groups is 1. The van der Waals surface area contributed by atoms with Crippen molar-refractivity contribution in [3.63, 3.8) is 0 Å². The topological polar surface area (TPSA) is 79.5 Å². The summed E-state index contributed by atoms with van der Waals surface area (Å²) in [4.78, 5) is 23.3. The molecule has 5 nitrogen and oxygen atoms in total. The number of hydrogen-bond donors (Lipinski definition) is 2. The maximum absolute atomic E-state index is 11.7. The summed E-state index contributed by atoms with van der Waals surface area (Å²) in [5, 5.41) is 18.9. The van der Waals surface area contributed by atoms with Crippen LogP contribution in [0.5, 0.6) is 5.75 Å². The Labute approximate surface area is 98.6 Å². The second-order valence-corrected chi connectivity index (χ2v) is 4.13. The standard InChI is InChI=1S/C12H15NO4/c1-7(2)4-5-9(14)11-10(15)6-8(3)13(17)12(11)16/h4-7,15,17H,1-3H3. The number of rotatable bonds is 3. The van der Waals surface area contributed by atoms with Crippen LogP contribution < -0.4 is 5.56 Å². The summed E-state index contributed by atoms with van der Waals surface area (Å²) in [6.45, 7) is 5.20. The van der Waals surface area contributed by atoms with Gasteiger partial charge in [-0.3, -0.25) is 9.59 Å². The van der Waals surface area contributed by atoms with Crippen LogP contribution in [-0.2, 0) is 0 Å². The number of hydrogen-bond acceptors (Lipinski definition) is 4. The molecule has 0 unspecified atom stereocenters. The van der Waals surface area contributed by atoms with Gasteiger partial charge in [0.05, 0.1) is 5.69 Å². The molecule has 0 amide bonds. The van der Waals surface area contributed by atoms with Crippen LogP contribution in [0.15, 0.2) is 23.0 Å². The number of pyridine rings is 1. The Morgan fingerprint density at radius 3 is 2.59 bits per heavy atom. The van der Waals surface area contributed by atoms with Crippen molar-refractivity contribution in [2.75, 3.05) is 0 Å². The Hall–Kier alpha value is -2.04. The van der Waals surface area contributed by atoms with Crippen molar-refractivity contribution < 1.29 is 15.1 Å². The second kappa shape index (κ2) is 4.86. The molecule has 1 aromatic heterocycles. The Morgan fingerprint density at radius 2 is 2.06 bits per heavy atom. The minimum Gasteiger partial charge on any atom is -0.507 e. The molecule has 0 bridgehead atoms. The normalized spacial score (nSPS) is 11.3. The SMILES string of the molecule is Cc1cc(O)c(C(=O)C=CC(C)C)c(=O)n1O. The van der Waals surface area contributed by atoms with Crippen LogP contribution in [0.1, 0.15) is 29.9 Å². The third kappa shape index (κ3) is 2.75. The van der Waals surface area contributed by atoms with Crippen LogP contribution in [0.25, 0.3) is 0 Å². The highest BCUT2D eigenvalue weighted by molar-refractivity contribution is 6.06. The van der Waals surface area contributed by atoms with Crippen LogP contribution >= 0.6 is 0 Å². The van der Waals surface area contributed by atoms with E-state index in [1.165, 1.54) is 13.0 Å². The molecule has 0 saturated heterocycles. The monoisotopic (exact) mass is 237 g/mol. The summed E-state index contributed by atoms with van der Waals surface area (Å²) in [6, 6.07) is 1.16. The van der Waals surface area contributed by atoms with Crippen molar-refractivity contribution in [2.45, 2.75) is 20.8 Å². The van der Waals surface area contributed by atoms with E-state index in [1.807, 2.05) is 13.8 Å². The van der Waals surface area contributed by atoms with E-state index >= 15 is 0 Å². The molecule has 0 atom stereocenters. The molecule has 5 heteroatoms. The summed E-state index contributed by atoms with van der Waals surface area (Å²) in [7, 11) is 0. The Bertz CT molecular complexity index is 526. The first kappa shape index (κ1) is 13.0. The van der Waals surface area contributed by atoms with E-state index in [2.05, 4.69) is 0 Å². The molecule has 1 heterocycles. The number of ketones is 1. The Kier molecular flexibility index (Phi) is 3.73. The maximum Gasteiger partial charge on any atom is 0.298 e. The van der Waals surface area contributed by atoms with Gasteiger partial charge in [-0.05, 0) is 18.9 Å². The van der Waals surface area contributed by atoms with E-state index in [9.17, 15) is 19.9 Å². The van der Waals surface area contributed by atoms with Gasteiger partial charge in [-0.15, -0.1) is 0 Å². The van der Waals surface area contributed by atoms with E-state index in [-0.39, 0.29) is 11.6 Å². The van der Waals surface area contributed by atoms with E-state index in [4.69, 9.17) is 0 Å². The average molecular weight is 237 g/mol. The molecule has 0 radical (unpaired) electrons. The van der Waals surface area contributed by atoms with Gasteiger partial charge in [-0.1, -0.05) is 19.9 Å². The summed E-state index contributed by atoms with van der Waals surface area (Å²) in [5.74, 6) is -0.886. The lowest BCUT2D eigenvalue weighted by molar-refractivity contribution is 0.103. The lowest BCUT2D eigenvalue weighted by Gasteiger charge is -2.05. The van der Waals surface area contributed by atoms with Gasteiger partial charge >= 0.3 is 0 Å². The molecule has 0 fully saturated rings. The summed E-state index contributed by atoms with van der Waals surface area (Å²) in [6.07, 6.45) is 2.83. The van der Waals surface area contributed by atoms with Gasteiger partial charge in [-0.25, -0.2) is 0 Å². The number of aryl methyl sites for hydroxylation is 1. The third-order valence-electron chi connectivity index (χ3n) is 2.22. The summed E-state index contributed by atoms with van der Waals surface area (Å²) < 4.78 is 0.343. The van der Waals surface area contributed by atoms with E-state index in [0.717, 1.165) is 6.07 Å². The fraction of sp³-hybridized carbons (Fsp3) is 0.333. The van der Waals surface area contributed by atoms with Gasteiger partial charge in [0.1, 0.15) is 11.3 Å². The van der Waals surface area contributed by atoms with Crippen LogP contribution in [0.2, 0.25) is 0 Å². The molecule has 0 saturated carbocycles. The predicted octanol–water partition coefficient (Wildman–Crippen LogP) is 1.49. The minimum absolute atomic E-state index is 0.155. The van der Waals surface area contributed by atoms with Crippen molar-refractivity contribution in [3.05, 3.63) is 39.8 Å². The lowest BCUT2D eigenvalue weighted by atomic mass is 10.1. The molecule has 0 aromatic carbocycles. The zero-order chi connectivity index (χ0) is 13.2. The number of nitrogens with zero attached hydrogens (tertiary/aromatic N) is 1. The number of carbonyl (C=O) groups excluding carboxylic acids is 1. The summed E-state index contributed by atoms with van der Waals surface area (Å²) >= 11 is 0. The highest BCUT2D eigenvalue weighted by Gasteiger charge is 2.17. The summed E-state index contributed by atoms with van der Waals surface area (Å²) in [5.41, 5.74) is -1.17. The highest BCUT2D eigenvalue weighted by Crippen LogP contribution is 2.15. The molecule has 17 heavy (non-hydrogen) atoms. The molecule has 0 aliphatic rings. The van der Waals surface area contributed by atoms with E-state index in [0.29, 0.717) is 4.73 Å².